The molecule has 6 nitrogen and oxygen atoms in total. The number of para-hydroxylation sites is 1. The van der Waals surface area contributed by atoms with Crippen LogP contribution in [0.4, 0.5) is 4.39 Å². The molecule has 0 spiro atoms. The molecule has 37 heavy (non-hydrogen) atoms. The normalized spacial score (nSPS) is 18.3. The molecule has 0 unspecified atom stereocenters. The number of methoxy groups -OCH3 is 1. The van der Waals surface area contributed by atoms with E-state index in [-0.39, 0.29) is 30.9 Å². The van der Waals surface area contributed by atoms with Gasteiger partial charge < -0.3 is 24.3 Å². The van der Waals surface area contributed by atoms with Crippen LogP contribution in [0.25, 0.3) is 0 Å². The van der Waals surface area contributed by atoms with Crippen LogP contribution in [0, 0.1) is 11.7 Å². The van der Waals surface area contributed by atoms with Crippen molar-refractivity contribution in [2.75, 3.05) is 20.5 Å². The number of ether oxygens (including phenoxy) is 4. The fourth-order valence-corrected chi connectivity index (χ4v) is 5.25. The van der Waals surface area contributed by atoms with E-state index < -0.39 is 0 Å². The Kier molecular flexibility index (Phi) is 7.78. The first kappa shape index (κ1) is 24.9. The summed E-state index contributed by atoms with van der Waals surface area (Å²) in [6, 6.07) is 18.3. The number of carbonyl (C=O) groups excluding carboxylic acids is 1. The van der Waals surface area contributed by atoms with Gasteiger partial charge in [-0.15, -0.1) is 0 Å². The molecule has 0 saturated heterocycles. The summed E-state index contributed by atoms with van der Waals surface area (Å²) in [7, 11) is 1.60. The van der Waals surface area contributed by atoms with Crippen molar-refractivity contribution in [3.05, 3.63) is 83.2 Å². The quantitative estimate of drug-likeness (QED) is 0.400. The third-order valence-electron chi connectivity index (χ3n) is 7.23. The molecule has 7 heteroatoms. The molecular formula is C30H32FNO5. The highest BCUT2D eigenvalue weighted by atomic mass is 19.1. The van der Waals surface area contributed by atoms with Gasteiger partial charge in [0.1, 0.15) is 17.3 Å². The number of fused-ring (bicyclic) bond motifs is 1. The van der Waals surface area contributed by atoms with E-state index in [0.29, 0.717) is 36.1 Å². The van der Waals surface area contributed by atoms with Crippen LogP contribution < -0.4 is 24.3 Å². The average Bonchev–Trinajstić information content (AvgIpc) is 3.40. The molecule has 1 heterocycles. The minimum atomic E-state index is -0.361. The van der Waals surface area contributed by atoms with E-state index in [2.05, 4.69) is 5.32 Å². The Hall–Kier alpha value is -3.74. The Labute approximate surface area is 216 Å². The Morgan fingerprint density at radius 3 is 2.73 bits per heavy atom. The van der Waals surface area contributed by atoms with Crippen molar-refractivity contribution < 1.29 is 28.1 Å². The van der Waals surface area contributed by atoms with Crippen molar-refractivity contribution in [3.8, 4) is 23.0 Å². The van der Waals surface area contributed by atoms with Gasteiger partial charge in [-0.1, -0.05) is 43.2 Å². The van der Waals surface area contributed by atoms with E-state index in [1.165, 1.54) is 6.07 Å². The summed E-state index contributed by atoms with van der Waals surface area (Å²) in [6.45, 7) is 1.12. The number of hydrogen-bond donors (Lipinski definition) is 1. The number of carbonyl (C=O) groups is 1. The van der Waals surface area contributed by atoms with Crippen molar-refractivity contribution in [3.63, 3.8) is 0 Å². The lowest BCUT2D eigenvalue weighted by Crippen LogP contribution is -2.26. The maximum Gasteiger partial charge on any atom is 0.231 e. The predicted octanol–water partition coefficient (Wildman–Crippen LogP) is 5.77. The fraction of sp³-hybridized carbons (Fsp3) is 0.367. The van der Waals surface area contributed by atoms with E-state index in [1.807, 2.05) is 54.6 Å². The highest BCUT2D eigenvalue weighted by molar-refractivity contribution is 5.78. The highest BCUT2D eigenvalue weighted by Crippen LogP contribution is 2.40. The summed E-state index contributed by atoms with van der Waals surface area (Å²) in [5.41, 5.74) is 2.35. The standard InChI is InChI=1S/C30H32FNO5/c1-34-27-9-5-3-6-21(27)17-32-30(33)15-23-14-20(10-12-26(23)31)25-8-4-2-7-22(25)18-35-24-11-13-28-29(16-24)37-19-36-28/h3,5-6,9-14,16,22,25H,2,4,7-8,15,17-19H2,1H3,(H,32,33)/t22-,25-/m0/s1. The third kappa shape index (κ3) is 5.98. The summed E-state index contributed by atoms with van der Waals surface area (Å²) < 4.78 is 37.0. The van der Waals surface area contributed by atoms with E-state index in [9.17, 15) is 9.18 Å². The van der Waals surface area contributed by atoms with Crippen LogP contribution in [-0.2, 0) is 17.8 Å². The Bertz CT molecular complexity index is 1250. The summed E-state index contributed by atoms with van der Waals surface area (Å²) in [4.78, 5) is 12.7. The lowest BCUT2D eigenvalue weighted by atomic mass is 9.75. The lowest BCUT2D eigenvalue weighted by Gasteiger charge is -2.32. The zero-order valence-corrected chi connectivity index (χ0v) is 21.0. The van der Waals surface area contributed by atoms with E-state index in [1.54, 1.807) is 7.11 Å². The molecule has 1 saturated carbocycles. The zero-order valence-electron chi connectivity index (χ0n) is 21.0. The van der Waals surface area contributed by atoms with Gasteiger partial charge in [-0.3, -0.25) is 4.79 Å². The number of benzene rings is 3. The highest BCUT2D eigenvalue weighted by Gasteiger charge is 2.28. The maximum absolute atomic E-state index is 14.7. The number of rotatable bonds is 9. The molecule has 1 aliphatic carbocycles. The molecule has 1 fully saturated rings. The second kappa shape index (κ2) is 11.5. The second-order valence-electron chi connectivity index (χ2n) is 9.59. The van der Waals surface area contributed by atoms with Gasteiger partial charge in [-0.2, -0.15) is 0 Å². The van der Waals surface area contributed by atoms with Crippen LogP contribution in [0.3, 0.4) is 0 Å². The monoisotopic (exact) mass is 505 g/mol. The Balaban J connectivity index is 1.23. The summed E-state index contributed by atoms with van der Waals surface area (Å²) in [5, 5.41) is 2.89. The van der Waals surface area contributed by atoms with E-state index in [0.717, 1.165) is 48.3 Å². The molecular weight excluding hydrogens is 473 g/mol. The van der Waals surface area contributed by atoms with Crippen molar-refractivity contribution in [2.45, 2.75) is 44.6 Å². The maximum atomic E-state index is 14.7. The SMILES string of the molecule is COc1ccccc1CNC(=O)Cc1cc([C@@H]2CCCC[C@H]2COc2ccc3c(c2)OCO3)ccc1F. The van der Waals surface area contributed by atoms with Gasteiger partial charge in [0.2, 0.25) is 12.7 Å². The summed E-state index contributed by atoms with van der Waals surface area (Å²) in [5.74, 6) is 2.85. The van der Waals surface area contributed by atoms with Crippen LogP contribution >= 0.6 is 0 Å². The molecule has 1 aliphatic heterocycles. The minimum absolute atomic E-state index is 0.0140. The average molecular weight is 506 g/mol. The van der Waals surface area contributed by atoms with Crippen molar-refractivity contribution in [2.24, 2.45) is 5.92 Å². The predicted molar refractivity (Wildman–Crippen MR) is 138 cm³/mol. The van der Waals surface area contributed by atoms with Gasteiger partial charge in [-0.25, -0.2) is 4.39 Å². The molecule has 194 valence electrons. The van der Waals surface area contributed by atoms with Crippen LogP contribution in [0.2, 0.25) is 0 Å². The number of halogens is 1. The van der Waals surface area contributed by atoms with Crippen molar-refractivity contribution in [1.29, 1.82) is 0 Å². The molecule has 0 bridgehead atoms. The van der Waals surface area contributed by atoms with E-state index >= 15 is 0 Å². The van der Waals surface area contributed by atoms with Gasteiger partial charge in [0, 0.05) is 18.2 Å². The van der Waals surface area contributed by atoms with Gasteiger partial charge in [0.05, 0.1) is 20.1 Å². The topological polar surface area (TPSA) is 66.0 Å². The first-order valence-corrected chi connectivity index (χ1v) is 12.8. The first-order chi connectivity index (χ1) is 18.1. The van der Waals surface area contributed by atoms with Crippen molar-refractivity contribution >= 4 is 5.91 Å². The summed E-state index contributed by atoms with van der Waals surface area (Å²) >= 11 is 0. The smallest absolute Gasteiger partial charge is 0.231 e. The molecule has 0 radical (unpaired) electrons. The molecule has 2 aliphatic rings. The lowest BCUT2D eigenvalue weighted by molar-refractivity contribution is -0.120. The molecule has 3 aromatic carbocycles. The van der Waals surface area contributed by atoms with Crippen LogP contribution in [-0.4, -0.2) is 26.4 Å². The number of nitrogens with one attached hydrogen (secondary N) is 1. The van der Waals surface area contributed by atoms with Crippen LogP contribution in [0.5, 0.6) is 23.0 Å². The van der Waals surface area contributed by atoms with Gasteiger partial charge in [0.15, 0.2) is 11.5 Å². The molecule has 0 aromatic heterocycles. The molecule has 2 atom stereocenters. The fourth-order valence-electron chi connectivity index (χ4n) is 5.25. The molecule has 1 amide bonds. The van der Waals surface area contributed by atoms with E-state index in [4.69, 9.17) is 18.9 Å². The summed E-state index contributed by atoms with van der Waals surface area (Å²) in [6.07, 6.45) is 4.31. The van der Waals surface area contributed by atoms with Crippen LogP contribution in [0.15, 0.2) is 60.7 Å². The largest absolute Gasteiger partial charge is 0.496 e. The third-order valence-corrected chi connectivity index (χ3v) is 7.23. The molecule has 1 N–H and O–H groups in total. The molecule has 5 rings (SSSR count). The Morgan fingerprint density at radius 2 is 1.84 bits per heavy atom. The Morgan fingerprint density at radius 1 is 1.00 bits per heavy atom. The molecule has 3 aromatic rings. The second-order valence-corrected chi connectivity index (χ2v) is 9.59. The van der Waals surface area contributed by atoms with Gasteiger partial charge in [-0.05, 0) is 60.1 Å². The van der Waals surface area contributed by atoms with Crippen molar-refractivity contribution in [1.82, 2.24) is 5.32 Å². The van der Waals surface area contributed by atoms with Crippen LogP contribution in [0.1, 0.15) is 48.3 Å². The minimum Gasteiger partial charge on any atom is -0.496 e. The van der Waals surface area contributed by atoms with Gasteiger partial charge in [0.25, 0.3) is 0 Å². The number of amides is 1. The first-order valence-electron chi connectivity index (χ1n) is 12.8. The zero-order chi connectivity index (χ0) is 25.6. The van der Waals surface area contributed by atoms with Gasteiger partial charge >= 0.3 is 0 Å². The number of hydrogen-bond acceptors (Lipinski definition) is 5.